The van der Waals surface area contributed by atoms with E-state index < -0.39 is 0 Å². The smallest absolute Gasteiger partial charge is 0.0601 e. The van der Waals surface area contributed by atoms with Gasteiger partial charge in [0, 0.05) is 31.0 Å². The standard InChI is InChI=1S/C12H21N3O/c1-3-11(13)12(9-16)15(2)8-10-5-4-6-14-7-10/h4-7,11-12,16H,3,8-9,13H2,1-2H3. The predicted octanol–water partition coefficient (Wildman–Crippen LogP) is 0.612. The van der Waals surface area contributed by atoms with Crippen molar-refractivity contribution < 1.29 is 5.11 Å². The molecule has 0 aromatic carbocycles. The summed E-state index contributed by atoms with van der Waals surface area (Å²) in [4.78, 5) is 6.14. The molecule has 0 saturated heterocycles. The molecule has 1 aromatic rings. The van der Waals surface area contributed by atoms with Crippen molar-refractivity contribution in [3.8, 4) is 0 Å². The highest BCUT2D eigenvalue weighted by Crippen LogP contribution is 2.08. The molecule has 0 saturated carbocycles. The van der Waals surface area contributed by atoms with Gasteiger partial charge in [-0.3, -0.25) is 9.88 Å². The molecule has 16 heavy (non-hydrogen) atoms. The van der Waals surface area contributed by atoms with E-state index in [1.54, 1.807) is 6.20 Å². The topological polar surface area (TPSA) is 62.4 Å². The maximum atomic E-state index is 9.34. The zero-order valence-corrected chi connectivity index (χ0v) is 10.0. The number of aliphatic hydroxyl groups is 1. The van der Waals surface area contributed by atoms with Crippen LogP contribution in [0.15, 0.2) is 24.5 Å². The highest BCUT2D eigenvalue weighted by Gasteiger charge is 2.20. The molecule has 0 aliphatic carbocycles. The van der Waals surface area contributed by atoms with E-state index >= 15 is 0 Å². The Labute approximate surface area is 97.1 Å². The zero-order valence-electron chi connectivity index (χ0n) is 10.0. The Hall–Kier alpha value is -0.970. The summed E-state index contributed by atoms with van der Waals surface area (Å²) in [6.45, 7) is 2.88. The molecule has 2 unspecified atom stereocenters. The Morgan fingerprint density at radius 1 is 1.56 bits per heavy atom. The van der Waals surface area contributed by atoms with E-state index in [4.69, 9.17) is 5.73 Å². The van der Waals surface area contributed by atoms with Crippen LogP contribution in [0, 0.1) is 0 Å². The van der Waals surface area contributed by atoms with Crippen LogP contribution >= 0.6 is 0 Å². The molecule has 0 aliphatic rings. The minimum atomic E-state index is 0.00482. The maximum absolute atomic E-state index is 9.34. The van der Waals surface area contributed by atoms with E-state index in [9.17, 15) is 5.11 Å². The second kappa shape index (κ2) is 6.58. The molecular weight excluding hydrogens is 202 g/mol. The van der Waals surface area contributed by atoms with Gasteiger partial charge in [-0.2, -0.15) is 0 Å². The van der Waals surface area contributed by atoms with Gasteiger partial charge in [-0.25, -0.2) is 0 Å². The van der Waals surface area contributed by atoms with Gasteiger partial charge in [0.05, 0.1) is 6.61 Å². The Morgan fingerprint density at radius 3 is 2.81 bits per heavy atom. The molecule has 1 aromatic heterocycles. The summed E-state index contributed by atoms with van der Waals surface area (Å²) in [5.74, 6) is 0. The van der Waals surface area contributed by atoms with Gasteiger partial charge in [0.15, 0.2) is 0 Å². The molecule has 1 heterocycles. The lowest BCUT2D eigenvalue weighted by molar-refractivity contribution is 0.120. The third-order valence-electron chi connectivity index (χ3n) is 2.87. The first-order valence-electron chi connectivity index (χ1n) is 5.64. The molecule has 4 heteroatoms. The maximum Gasteiger partial charge on any atom is 0.0601 e. The number of pyridine rings is 1. The summed E-state index contributed by atoms with van der Waals surface area (Å²) in [6.07, 6.45) is 4.45. The van der Waals surface area contributed by atoms with Crippen LogP contribution in [-0.4, -0.2) is 40.7 Å². The van der Waals surface area contributed by atoms with Crippen LogP contribution in [0.4, 0.5) is 0 Å². The highest BCUT2D eigenvalue weighted by molar-refractivity contribution is 5.08. The Morgan fingerprint density at radius 2 is 2.31 bits per heavy atom. The van der Waals surface area contributed by atoms with Crippen molar-refractivity contribution in [1.29, 1.82) is 0 Å². The molecule has 0 radical (unpaired) electrons. The largest absolute Gasteiger partial charge is 0.395 e. The summed E-state index contributed by atoms with van der Waals surface area (Å²) in [7, 11) is 1.98. The summed E-state index contributed by atoms with van der Waals surface area (Å²) < 4.78 is 0. The zero-order chi connectivity index (χ0) is 12.0. The van der Waals surface area contributed by atoms with Crippen molar-refractivity contribution in [2.24, 2.45) is 5.73 Å². The van der Waals surface area contributed by atoms with Crippen molar-refractivity contribution in [2.45, 2.75) is 32.0 Å². The molecule has 90 valence electrons. The van der Waals surface area contributed by atoms with Crippen molar-refractivity contribution >= 4 is 0 Å². The van der Waals surface area contributed by atoms with Crippen LogP contribution in [0.1, 0.15) is 18.9 Å². The first kappa shape index (κ1) is 13.1. The monoisotopic (exact) mass is 223 g/mol. The molecule has 0 spiro atoms. The van der Waals surface area contributed by atoms with E-state index in [0.29, 0.717) is 0 Å². The van der Waals surface area contributed by atoms with Gasteiger partial charge < -0.3 is 10.8 Å². The van der Waals surface area contributed by atoms with Gasteiger partial charge in [-0.15, -0.1) is 0 Å². The Balaban J connectivity index is 2.59. The molecule has 0 aliphatic heterocycles. The van der Waals surface area contributed by atoms with E-state index in [0.717, 1.165) is 18.5 Å². The Kier molecular flexibility index (Phi) is 5.38. The van der Waals surface area contributed by atoms with Crippen molar-refractivity contribution in [3.63, 3.8) is 0 Å². The fourth-order valence-corrected chi connectivity index (χ4v) is 1.77. The molecular formula is C12H21N3O. The average Bonchev–Trinajstić information content (AvgIpc) is 2.31. The van der Waals surface area contributed by atoms with Gasteiger partial charge in [0.2, 0.25) is 0 Å². The third kappa shape index (κ3) is 3.56. The number of nitrogens with two attached hydrogens (primary N) is 1. The summed E-state index contributed by atoms with van der Waals surface area (Å²) in [5.41, 5.74) is 7.10. The van der Waals surface area contributed by atoms with Crippen LogP contribution < -0.4 is 5.73 Å². The number of rotatable bonds is 6. The minimum Gasteiger partial charge on any atom is -0.395 e. The average molecular weight is 223 g/mol. The van der Waals surface area contributed by atoms with Gasteiger partial charge >= 0.3 is 0 Å². The number of nitrogens with zero attached hydrogens (tertiary/aromatic N) is 2. The summed E-state index contributed by atoms with van der Waals surface area (Å²) >= 11 is 0. The normalized spacial score (nSPS) is 15.1. The number of aromatic nitrogens is 1. The molecule has 2 atom stereocenters. The molecule has 4 nitrogen and oxygen atoms in total. The molecule has 1 rings (SSSR count). The highest BCUT2D eigenvalue weighted by atomic mass is 16.3. The first-order valence-corrected chi connectivity index (χ1v) is 5.64. The Bertz CT molecular complexity index is 292. The first-order chi connectivity index (χ1) is 7.69. The van der Waals surface area contributed by atoms with Crippen molar-refractivity contribution in [1.82, 2.24) is 9.88 Å². The lowest BCUT2D eigenvalue weighted by Crippen LogP contribution is -2.47. The second-order valence-electron chi connectivity index (χ2n) is 4.10. The number of hydrogen-bond donors (Lipinski definition) is 2. The molecule has 3 N–H and O–H groups in total. The van der Waals surface area contributed by atoms with E-state index in [2.05, 4.69) is 9.88 Å². The van der Waals surface area contributed by atoms with Crippen molar-refractivity contribution in [3.05, 3.63) is 30.1 Å². The van der Waals surface area contributed by atoms with Gasteiger partial charge in [0.25, 0.3) is 0 Å². The van der Waals surface area contributed by atoms with Crippen LogP contribution in [-0.2, 0) is 6.54 Å². The van der Waals surface area contributed by atoms with Crippen LogP contribution in [0.5, 0.6) is 0 Å². The van der Waals surface area contributed by atoms with Gasteiger partial charge in [-0.05, 0) is 25.1 Å². The van der Waals surface area contributed by atoms with Gasteiger partial charge in [-0.1, -0.05) is 13.0 Å². The van der Waals surface area contributed by atoms with Crippen LogP contribution in [0.2, 0.25) is 0 Å². The second-order valence-corrected chi connectivity index (χ2v) is 4.10. The number of hydrogen-bond acceptors (Lipinski definition) is 4. The van der Waals surface area contributed by atoms with Gasteiger partial charge in [0.1, 0.15) is 0 Å². The third-order valence-corrected chi connectivity index (χ3v) is 2.87. The summed E-state index contributed by atoms with van der Waals surface area (Å²) in [5, 5.41) is 9.34. The van der Waals surface area contributed by atoms with Crippen LogP contribution in [0.25, 0.3) is 0 Å². The SMILES string of the molecule is CCC(N)C(CO)N(C)Cc1cccnc1. The minimum absolute atomic E-state index is 0.00482. The lowest BCUT2D eigenvalue weighted by atomic mass is 10.1. The quantitative estimate of drug-likeness (QED) is 0.742. The summed E-state index contributed by atoms with van der Waals surface area (Å²) in [6, 6.07) is 3.95. The van der Waals surface area contributed by atoms with Crippen molar-refractivity contribution in [2.75, 3.05) is 13.7 Å². The predicted molar refractivity (Wildman–Crippen MR) is 64.8 cm³/mol. The molecule has 0 fully saturated rings. The fourth-order valence-electron chi connectivity index (χ4n) is 1.77. The van der Waals surface area contributed by atoms with E-state index in [1.165, 1.54) is 0 Å². The van der Waals surface area contributed by atoms with E-state index in [-0.39, 0.29) is 18.7 Å². The van der Waals surface area contributed by atoms with Crippen LogP contribution in [0.3, 0.4) is 0 Å². The lowest BCUT2D eigenvalue weighted by Gasteiger charge is -2.30. The number of aliphatic hydroxyl groups excluding tert-OH is 1. The van der Waals surface area contributed by atoms with E-state index in [1.807, 2.05) is 32.3 Å². The number of likely N-dealkylation sites (N-methyl/N-ethyl adjacent to an activating group) is 1. The molecule has 0 bridgehead atoms. The fraction of sp³-hybridized carbons (Fsp3) is 0.583. The molecule has 0 amide bonds.